The number of ketones is 1. The average molecular weight is 950 g/mol. The highest BCUT2D eigenvalue weighted by atomic mass is 16.6. The number of carbonyl (C=O) groups excluding carboxylic acids is 11. The molecule has 1 aliphatic heterocycles. The second-order valence-corrected chi connectivity index (χ2v) is 19.1. The molecule has 21 nitrogen and oxygen atoms in total. The van der Waals surface area contributed by atoms with Crippen LogP contribution in [0.2, 0.25) is 0 Å². The smallest absolute Gasteiger partial charge is 0.325 e. The minimum Gasteiger partial charge on any atom is -0.460 e. The summed E-state index contributed by atoms with van der Waals surface area (Å²) in [5, 5.41) is 15.2. The van der Waals surface area contributed by atoms with Crippen LogP contribution in [0, 0.1) is 11.8 Å². The Bertz CT molecular complexity index is 1800. The fourth-order valence-electron chi connectivity index (χ4n) is 6.82. The van der Waals surface area contributed by atoms with E-state index in [0.29, 0.717) is 12.8 Å². The van der Waals surface area contributed by atoms with Crippen molar-refractivity contribution in [2.24, 2.45) is 11.8 Å². The molecular formula is C46H75N7O14. The van der Waals surface area contributed by atoms with E-state index in [-0.39, 0.29) is 51.7 Å². The molecule has 6 atom stereocenters. The van der Waals surface area contributed by atoms with Gasteiger partial charge in [-0.3, -0.25) is 52.7 Å². The minimum atomic E-state index is -1.45. The first kappa shape index (κ1) is 59.1. The lowest BCUT2D eigenvalue weighted by Crippen LogP contribution is -2.61. The lowest BCUT2D eigenvalue weighted by molar-refractivity contribution is -0.156. The molecule has 0 aromatic carbocycles. The summed E-state index contributed by atoms with van der Waals surface area (Å²) in [5.74, 6) is -9.71. The molecule has 1 saturated heterocycles. The molecule has 1 heterocycles. The van der Waals surface area contributed by atoms with Crippen molar-refractivity contribution in [3.05, 3.63) is 12.7 Å². The molecule has 6 N–H and O–H groups in total. The summed E-state index contributed by atoms with van der Waals surface area (Å²) in [7, 11) is 0. The first-order valence-corrected chi connectivity index (χ1v) is 22.8. The Hall–Kier alpha value is -5.89. The van der Waals surface area contributed by atoms with Crippen LogP contribution in [0.5, 0.6) is 0 Å². The maximum atomic E-state index is 14.2. The number of esters is 3. The van der Waals surface area contributed by atoms with Crippen molar-refractivity contribution in [3.8, 4) is 0 Å². The molecule has 67 heavy (non-hydrogen) atoms. The Kier molecular flexibility index (Phi) is 24.4. The maximum Gasteiger partial charge on any atom is 0.325 e. The lowest BCUT2D eigenvalue weighted by Gasteiger charge is -2.33. The number of ether oxygens (including phenoxy) is 3. The van der Waals surface area contributed by atoms with Crippen molar-refractivity contribution in [1.82, 2.24) is 36.8 Å². The highest BCUT2D eigenvalue weighted by Gasteiger charge is 2.41. The number of hydrogen-bond acceptors (Lipinski definition) is 14. The molecule has 21 heteroatoms. The van der Waals surface area contributed by atoms with Crippen molar-refractivity contribution in [2.45, 2.75) is 182 Å². The predicted octanol–water partition coefficient (Wildman–Crippen LogP) is 1.19. The Morgan fingerprint density at radius 2 is 1.18 bits per heavy atom. The van der Waals surface area contributed by atoms with Crippen LogP contribution in [0.1, 0.15) is 134 Å². The van der Waals surface area contributed by atoms with Crippen molar-refractivity contribution >= 4 is 65.0 Å². The Labute approximate surface area is 394 Å². The van der Waals surface area contributed by atoms with Crippen LogP contribution in [0.25, 0.3) is 0 Å². The summed E-state index contributed by atoms with van der Waals surface area (Å²) in [4.78, 5) is 146. The van der Waals surface area contributed by atoms with Gasteiger partial charge in [0.15, 0.2) is 0 Å². The Morgan fingerprint density at radius 1 is 0.672 bits per heavy atom. The first-order valence-electron chi connectivity index (χ1n) is 22.8. The van der Waals surface area contributed by atoms with E-state index >= 15 is 0 Å². The van der Waals surface area contributed by atoms with Crippen LogP contribution in [0.3, 0.4) is 0 Å². The molecule has 7 amide bonds. The third-order valence-corrected chi connectivity index (χ3v) is 9.95. The maximum absolute atomic E-state index is 14.2. The molecule has 0 aliphatic carbocycles. The highest BCUT2D eigenvalue weighted by molar-refractivity contribution is 6.38. The zero-order valence-corrected chi connectivity index (χ0v) is 41.3. The molecule has 0 radical (unpaired) electrons. The first-order chi connectivity index (χ1) is 31.0. The van der Waals surface area contributed by atoms with Gasteiger partial charge in [0.25, 0.3) is 5.91 Å². The number of carbonyl (C=O) groups is 11. The molecular weight excluding hydrogens is 875 g/mol. The van der Waals surface area contributed by atoms with Gasteiger partial charge in [-0.25, -0.2) is 0 Å². The van der Waals surface area contributed by atoms with Gasteiger partial charge < -0.3 is 51.0 Å². The molecule has 0 bridgehead atoms. The topological polar surface area (TPSA) is 291 Å². The zero-order valence-electron chi connectivity index (χ0n) is 41.3. The molecule has 1 rings (SSSR count). The van der Waals surface area contributed by atoms with Gasteiger partial charge in [-0.15, -0.1) is 0 Å². The van der Waals surface area contributed by atoms with Gasteiger partial charge in [-0.2, -0.15) is 0 Å². The summed E-state index contributed by atoms with van der Waals surface area (Å²) in [6.45, 7) is 22.4. The Morgan fingerprint density at radius 3 is 1.66 bits per heavy atom. The molecule has 1 fully saturated rings. The van der Waals surface area contributed by atoms with Gasteiger partial charge in [0.1, 0.15) is 54.6 Å². The van der Waals surface area contributed by atoms with Crippen molar-refractivity contribution in [3.63, 3.8) is 0 Å². The van der Waals surface area contributed by atoms with Crippen LogP contribution in [-0.2, 0) is 67.0 Å². The standard InChI is InChI=1S/C46H75N7O14/c1-14-17-29(38(58)43(63)47-25-35(57)65-24-15-2)49-41(61)32-18-16-23-53(32)44(64)37(27(5)6)52-42(62)36(26(3)4)51-40(60)31(20-22-34(56)67-46(11,12)13)50-39(59)30(48-28(7)54)19-21-33(55)66-45(8,9)10/h15,26-27,29-32,36-37H,2,14,16-25H2,1,3-13H3,(H,47,63)(H,48,54)(H,49,61)(H,50,59)(H,51,60)(H,52,62)/t29-,30?,31?,32+,36?,37?/m1/s1. The van der Waals surface area contributed by atoms with Crippen LogP contribution in [0.15, 0.2) is 12.7 Å². The SMILES string of the molecule is C=CCOC(=O)CNC(=O)C(=O)[C@@H](CCC)NC(=O)[C@@H]1CCCN1C(=O)C(NC(=O)C(NC(=O)C(CCC(=O)OC(C)(C)C)NC(=O)C(CCC(=O)OC(C)(C)C)NC(C)=O)C(C)C)C(C)C. The fraction of sp³-hybridized carbons (Fsp3) is 0.717. The summed E-state index contributed by atoms with van der Waals surface area (Å²) >= 11 is 0. The van der Waals surface area contributed by atoms with Crippen molar-refractivity contribution < 1.29 is 67.0 Å². The van der Waals surface area contributed by atoms with Gasteiger partial charge in [0, 0.05) is 26.3 Å². The number of hydrogen-bond donors (Lipinski definition) is 6. The molecule has 0 saturated carbocycles. The van der Waals surface area contributed by atoms with Crippen LogP contribution >= 0.6 is 0 Å². The van der Waals surface area contributed by atoms with E-state index in [1.54, 1.807) is 76.2 Å². The number of Topliss-reactive ketones (excluding diaryl/α,β-unsaturated/α-hetero) is 1. The third kappa shape index (κ3) is 22.0. The number of rotatable bonds is 26. The minimum absolute atomic E-state index is 0.0854. The highest BCUT2D eigenvalue weighted by Crippen LogP contribution is 2.22. The van der Waals surface area contributed by atoms with E-state index in [2.05, 4.69) is 38.5 Å². The van der Waals surface area contributed by atoms with E-state index in [0.717, 1.165) is 0 Å². The lowest BCUT2D eigenvalue weighted by atomic mass is 9.98. The average Bonchev–Trinajstić information content (AvgIpc) is 3.71. The molecule has 378 valence electrons. The van der Waals surface area contributed by atoms with Gasteiger partial charge in [0.2, 0.25) is 41.2 Å². The zero-order chi connectivity index (χ0) is 51.4. The molecule has 0 spiro atoms. The number of amides is 7. The van der Waals surface area contributed by atoms with Crippen LogP contribution in [0.4, 0.5) is 0 Å². The van der Waals surface area contributed by atoms with Crippen LogP contribution in [-0.4, -0.2) is 137 Å². The summed E-state index contributed by atoms with van der Waals surface area (Å²) in [6, 6.07) is -7.56. The third-order valence-electron chi connectivity index (χ3n) is 9.95. The molecule has 0 aromatic heterocycles. The van der Waals surface area contributed by atoms with Crippen molar-refractivity contribution in [1.29, 1.82) is 0 Å². The molecule has 4 unspecified atom stereocenters. The Balaban J connectivity index is 3.33. The number of likely N-dealkylation sites (tertiary alicyclic amines) is 1. The van der Waals surface area contributed by atoms with E-state index in [1.807, 2.05) is 0 Å². The van der Waals surface area contributed by atoms with E-state index in [9.17, 15) is 52.7 Å². The second kappa shape index (κ2) is 27.7. The molecule has 1 aliphatic rings. The quantitative estimate of drug-likeness (QED) is 0.0308. The second-order valence-electron chi connectivity index (χ2n) is 19.1. The van der Waals surface area contributed by atoms with E-state index in [1.165, 1.54) is 17.9 Å². The normalized spacial score (nSPS) is 16.0. The van der Waals surface area contributed by atoms with Gasteiger partial charge >= 0.3 is 17.9 Å². The summed E-state index contributed by atoms with van der Waals surface area (Å²) < 4.78 is 15.5. The molecule has 0 aromatic rings. The van der Waals surface area contributed by atoms with Gasteiger partial charge in [-0.05, 0) is 85.5 Å². The number of nitrogens with zero attached hydrogens (tertiary/aromatic N) is 1. The predicted molar refractivity (Wildman–Crippen MR) is 244 cm³/mol. The summed E-state index contributed by atoms with van der Waals surface area (Å²) in [5.41, 5.74) is -1.67. The van der Waals surface area contributed by atoms with Gasteiger partial charge in [-0.1, -0.05) is 53.7 Å². The largest absolute Gasteiger partial charge is 0.460 e. The fourth-order valence-corrected chi connectivity index (χ4v) is 6.82. The van der Waals surface area contributed by atoms with E-state index in [4.69, 9.17) is 14.2 Å². The van der Waals surface area contributed by atoms with Gasteiger partial charge in [0.05, 0.1) is 6.04 Å². The van der Waals surface area contributed by atoms with Crippen LogP contribution < -0.4 is 31.9 Å². The number of nitrogens with one attached hydrogen (secondary N) is 6. The van der Waals surface area contributed by atoms with E-state index < -0.39 is 131 Å². The van der Waals surface area contributed by atoms with Crippen molar-refractivity contribution in [2.75, 3.05) is 19.7 Å². The monoisotopic (exact) mass is 950 g/mol. The summed E-state index contributed by atoms with van der Waals surface area (Å²) in [6.07, 6.45) is 1.38.